The lowest BCUT2D eigenvalue weighted by Gasteiger charge is -2.28. The smallest absolute Gasteiger partial charge is 0.219 e. The van der Waals surface area contributed by atoms with Gasteiger partial charge in [0, 0.05) is 35.3 Å². The molecule has 0 aromatic heterocycles. The highest BCUT2D eigenvalue weighted by atomic mass is 35.5. The van der Waals surface area contributed by atoms with Crippen LogP contribution in [0.3, 0.4) is 0 Å². The van der Waals surface area contributed by atoms with E-state index in [1.807, 2.05) is 37.4 Å². The summed E-state index contributed by atoms with van der Waals surface area (Å²) in [7, 11) is 0. The molecule has 0 saturated heterocycles. The Morgan fingerprint density at radius 3 is 2.39 bits per heavy atom. The molecule has 1 aliphatic carbocycles. The molecule has 1 aliphatic heterocycles. The highest BCUT2D eigenvalue weighted by Gasteiger charge is 2.33. The number of nitrogens with zero attached hydrogens (tertiary/aromatic N) is 1. The van der Waals surface area contributed by atoms with Crippen molar-refractivity contribution in [2.75, 3.05) is 0 Å². The minimum absolute atomic E-state index is 0.131. The van der Waals surface area contributed by atoms with Crippen molar-refractivity contribution < 1.29 is 4.79 Å². The van der Waals surface area contributed by atoms with Crippen molar-refractivity contribution in [2.45, 2.75) is 44.7 Å². The monoisotopic (exact) mass is 396 g/mol. The number of halogens is 1. The SMILES string of the molecule is CCC(=O)N[C@H]1CC[C@@H](N2NNC=C2c2ccc(-c3ccc(Cl)cc3)cc2)C1. The van der Waals surface area contributed by atoms with Gasteiger partial charge in [-0.25, -0.2) is 0 Å². The zero-order chi connectivity index (χ0) is 19.5. The largest absolute Gasteiger partial charge is 0.353 e. The fourth-order valence-electron chi connectivity index (χ4n) is 3.94. The van der Waals surface area contributed by atoms with Crippen LogP contribution in [0.5, 0.6) is 0 Å². The summed E-state index contributed by atoms with van der Waals surface area (Å²) >= 11 is 5.98. The van der Waals surface area contributed by atoms with Gasteiger partial charge < -0.3 is 10.7 Å². The van der Waals surface area contributed by atoms with Crippen LogP contribution in [0.25, 0.3) is 16.8 Å². The van der Waals surface area contributed by atoms with Gasteiger partial charge in [-0.15, -0.1) is 5.53 Å². The molecular formula is C22H25ClN4O. The number of hydrogen-bond donors (Lipinski definition) is 3. The van der Waals surface area contributed by atoms with Crippen molar-refractivity contribution >= 4 is 23.2 Å². The molecule has 4 rings (SSSR count). The first-order valence-corrected chi connectivity index (χ1v) is 10.2. The van der Waals surface area contributed by atoms with Crippen LogP contribution in [-0.4, -0.2) is 23.0 Å². The molecule has 2 aromatic rings. The number of hydrogen-bond acceptors (Lipinski definition) is 4. The van der Waals surface area contributed by atoms with Crippen molar-refractivity contribution in [1.29, 1.82) is 0 Å². The Balaban J connectivity index is 1.45. The zero-order valence-electron chi connectivity index (χ0n) is 15.9. The number of benzene rings is 2. The molecule has 2 aliphatic rings. The van der Waals surface area contributed by atoms with Crippen molar-refractivity contribution in [2.24, 2.45) is 0 Å². The van der Waals surface area contributed by atoms with Gasteiger partial charge in [0.25, 0.3) is 0 Å². The van der Waals surface area contributed by atoms with E-state index in [4.69, 9.17) is 11.6 Å². The molecule has 1 fully saturated rings. The Morgan fingerprint density at radius 1 is 1.07 bits per heavy atom. The summed E-state index contributed by atoms with van der Waals surface area (Å²) < 4.78 is 0. The van der Waals surface area contributed by atoms with E-state index in [2.05, 4.69) is 45.6 Å². The van der Waals surface area contributed by atoms with Crippen molar-refractivity contribution in [3.05, 3.63) is 65.3 Å². The van der Waals surface area contributed by atoms with E-state index >= 15 is 0 Å². The molecule has 28 heavy (non-hydrogen) atoms. The maximum Gasteiger partial charge on any atom is 0.219 e. The van der Waals surface area contributed by atoms with E-state index in [-0.39, 0.29) is 11.9 Å². The van der Waals surface area contributed by atoms with Crippen LogP contribution in [0.2, 0.25) is 5.02 Å². The Hall–Kier alpha value is -2.50. The van der Waals surface area contributed by atoms with Gasteiger partial charge in [0.05, 0.1) is 5.70 Å². The van der Waals surface area contributed by atoms with Gasteiger partial charge in [-0.3, -0.25) is 9.80 Å². The average molecular weight is 397 g/mol. The van der Waals surface area contributed by atoms with Gasteiger partial charge in [0.1, 0.15) is 0 Å². The summed E-state index contributed by atoms with van der Waals surface area (Å²) in [6.07, 6.45) is 5.53. The Morgan fingerprint density at radius 2 is 1.71 bits per heavy atom. The third-order valence-corrected chi connectivity index (χ3v) is 5.72. The van der Waals surface area contributed by atoms with Gasteiger partial charge in [-0.1, -0.05) is 54.9 Å². The fraction of sp³-hybridized carbons (Fsp3) is 0.318. The van der Waals surface area contributed by atoms with E-state index in [1.54, 1.807) is 0 Å². The van der Waals surface area contributed by atoms with Crippen LogP contribution in [0, 0.1) is 0 Å². The molecule has 1 saturated carbocycles. The van der Waals surface area contributed by atoms with Gasteiger partial charge >= 0.3 is 0 Å². The maximum absolute atomic E-state index is 11.7. The predicted octanol–water partition coefficient (Wildman–Crippen LogP) is 4.08. The highest BCUT2D eigenvalue weighted by molar-refractivity contribution is 6.30. The molecule has 5 nitrogen and oxygen atoms in total. The predicted molar refractivity (Wildman–Crippen MR) is 113 cm³/mol. The normalized spacial score (nSPS) is 21.4. The number of amides is 1. The molecule has 0 unspecified atom stereocenters. The first-order chi connectivity index (χ1) is 13.6. The number of carbonyl (C=O) groups is 1. The van der Waals surface area contributed by atoms with Gasteiger partial charge in [0.15, 0.2) is 0 Å². The fourth-order valence-corrected chi connectivity index (χ4v) is 4.07. The maximum atomic E-state index is 11.7. The molecule has 0 bridgehead atoms. The van der Waals surface area contributed by atoms with Crippen LogP contribution < -0.4 is 16.3 Å². The minimum Gasteiger partial charge on any atom is -0.353 e. The third-order valence-electron chi connectivity index (χ3n) is 5.47. The second kappa shape index (κ2) is 8.25. The van der Waals surface area contributed by atoms with E-state index < -0.39 is 0 Å². The average Bonchev–Trinajstić information content (AvgIpc) is 3.38. The number of rotatable bonds is 5. The van der Waals surface area contributed by atoms with Gasteiger partial charge in [-0.05, 0) is 42.5 Å². The summed E-state index contributed by atoms with van der Waals surface area (Å²) in [5.74, 6) is 0.131. The van der Waals surface area contributed by atoms with Crippen LogP contribution in [0.15, 0.2) is 54.7 Å². The molecule has 0 radical (unpaired) electrons. The van der Waals surface area contributed by atoms with Crippen molar-refractivity contribution in [3.63, 3.8) is 0 Å². The second-order valence-corrected chi connectivity index (χ2v) is 7.76. The highest BCUT2D eigenvalue weighted by Crippen LogP contribution is 2.31. The lowest BCUT2D eigenvalue weighted by Crippen LogP contribution is -2.44. The number of hydrazine groups is 2. The molecule has 2 aromatic carbocycles. The Kier molecular flexibility index (Phi) is 5.55. The molecular weight excluding hydrogens is 372 g/mol. The molecule has 3 N–H and O–H groups in total. The van der Waals surface area contributed by atoms with Gasteiger partial charge in [-0.2, -0.15) is 0 Å². The van der Waals surface area contributed by atoms with Crippen LogP contribution in [0.1, 0.15) is 38.2 Å². The number of carbonyl (C=O) groups excluding carboxylic acids is 1. The summed E-state index contributed by atoms with van der Waals surface area (Å²) in [4.78, 5) is 11.7. The second-order valence-electron chi connectivity index (χ2n) is 7.32. The first kappa shape index (κ1) is 18.8. The van der Waals surface area contributed by atoms with E-state index in [0.717, 1.165) is 46.7 Å². The minimum atomic E-state index is 0.131. The molecule has 6 heteroatoms. The first-order valence-electron chi connectivity index (χ1n) is 9.80. The number of nitrogens with one attached hydrogen (secondary N) is 3. The van der Waals surface area contributed by atoms with Crippen LogP contribution >= 0.6 is 11.6 Å². The molecule has 1 heterocycles. The van der Waals surface area contributed by atoms with E-state index in [0.29, 0.717) is 12.5 Å². The zero-order valence-corrected chi connectivity index (χ0v) is 16.7. The van der Waals surface area contributed by atoms with E-state index in [9.17, 15) is 4.79 Å². The van der Waals surface area contributed by atoms with E-state index in [1.165, 1.54) is 0 Å². The van der Waals surface area contributed by atoms with Crippen molar-refractivity contribution in [3.8, 4) is 11.1 Å². The molecule has 1 amide bonds. The summed E-state index contributed by atoms with van der Waals surface area (Å²) in [5, 5.41) is 6.06. The van der Waals surface area contributed by atoms with Crippen LogP contribution in [0.4, 0.5) is 0 Å². The molecule has 2 atom stereocenters. The van der Waals surface area contributed by atoms with Gasteiger partial charge in [0.2, 0.25) is 5.91 Å². The lowest BCUT2D eigenvalue weighted by molar-refractivity contribution is -0.121. The topological polar surface area (TPSA) is 56.4 Å². The quantitative estimate of drug-likeness (QED) is 0.712. The van der Waals surface area contributed by atoms with Crippen LogP contribution in [-0.2, 0) is 4.79 Å². The standard InChI is InChI=1S/C22H25ClN4O/c1-2-22(28)25-19-11-12-20(13-19)27-21(14-24-26-27)17-5-3-15(4-6-17)16-7-9-18(23)10-8-16/h3-10,14,19-20,24,26H,2,11-13H2,1H3,(H,25,28)/t19-,20+/m0/s1. The summed E-state index contributed by atoms with van der Waals surface area (Å²) in [6, 6.07) is 17.0. The molecule has 146 valence electrons. The Bertz CT molecular complexity index is 863. The summed E-state index contributed by atoms with van der Waals surface area (Å²) in [6.45, 7) is 1.89. The Labute approximate surface area is 170 Å². The van der Waals surface area contributed by atoms with Crippen molar-refractivity contribution in [1.82, 2.24) is 21.3 Å². The molecule has 0 spiro atoms. The third kappa shape index (κ3) is 4.01. The lowest BCUT2D eigenvalue weighted by atomic mass is 10.0. The summed E-state index contributed by atoms with van der Waals surface area (Å²) in [5.41, 5.74) is 11.0.